The Bertz CT molecular complexity index is 537. The fourth-order valence-electron chi connectivity index (χ4n) is 1.17. The summed E-state index contributed by atoms with van der Waals surface area (Å²) >= 11 is 0. The summed E-state index contributed by atoms with van der Waals surface area (Å²) < 4.78 is 44.6. The Morgan fingerprint density at radius 2 is 1.27 bits per heavy atom. The molecule has 3 N–H and O–H groups in total. The van der Waals surface area contributed by atoms with E-state index in [0.29, 0.717) is 0 Å². The number of nitrogens with zero attached hydrogens (tertiary/aromatic N) is 1. The number of hydrogen-bond acceptors (Lipinski definition) is 5. The molecule has 0 spiro atoms. The number of benzene rings is 1. The van der Waals surface area contributed by atoms with E-state index >= 15 is 0 Å². The summed E-state index contributed by atoms with van der Waals surface area (Å²) in [6, 6.07) is 5.01. The predicted molar refractivity (Wildman–Crippen MR) is 48.1 cm³/mol. The van der Waals surface area contributed by atoms with Crippen LogP contribution in [0.15, 0.2) is 34.1 Å². The van der Waals surface area contributed by atoms with E-state index in [1.807, 2.05) is 0 Å². The highest BCUT2D eigenvalue weighted by Gasteiger charge is 2.46. The molecule has 7 nitrogen and oxygen atoms in total. The van der Waals surface area contributed by atoms with Crippen molar-refractivity contribution in [2.45, 2.75) is 9.79 Å². The highest BCUT2D eigenvalue weighted by atomic mass is 32.3. The molecule has 0 radical (unpaired) electrons. The average Bonchev–Trinajstić information content (AvgIpc) is 2.28. The van der Waals surface area contributed by atoms with Gasteiger partial charge in [0.15, 0.2) is 0 Å². The van der Waals surface area contributed by atoms with E-state index in [4.69, 9.17) is 5.21 Å². The fraction of sp³-hybridized carbons (Fsp3) is 0. The molecule has 0 saturated carbocycles. The third-order valence-electron chi connectivity index (χ3n) is 1.82. The molecule has 1 aromatic rings. The summed E-state index contributed by atoms with van der Waals surface area (Å²) in [7, 11) is -8.58. The van der Waals surface area contributed by atoms with Crippen LogP contribution in [0.5, 0.6) is 0 Å². The van der Waals surface area contributed by atoms with E-state index in [0.717, 1.165) is 12.1 Å². The van der Waals surface area contributed by atoms with Crippen molar-refractivity contribution in [1.29, 1.82) is 0 Å². The minimum atomic E-state index is -4.29. The molecule has 1 aliphatic heterocycles. The molecule has 0 atom stereocenters. The van der Waals surface area contributed by atoms with Crippen LogP contribution in [0, 0.1) is 0 Å². The second-order valence-electron chi connectivity index (χ2n) is 2.63. The largest absolute Gasteiger partial charge is 0.412 e. The Morgan fingerprint density at radius 3 is 1.60 bits per heavy atom. The van der Waals surface area contributed by atoms with Gasteiger partial charge in [0.05, 0.1) is 0 Å². The van der Waals surface area contributed by atoms with Gasteiger partial charge >= 0.3 is 0 Å². The molecule has 1 aliphatic rings. The predicted octanol–water partition coefficient (Wildman–Crippen LogP) is -1.06. The van der Waals surface area contributed by atoms with Crippen LogP contribution >= 0.6 is 0 Å². The molecule has 1 heterocycles. The maximum Gasteiger partial charge on any atom is 0.280 e. The van der Waals surface area contributed by atoms with Crippen LogP contribution in [-0.2, 0) is 20.0 Å². The first-order valence-electron chi connectivity index (χ1n) is 3.47. The first-order chi connectivity index (χ1) is 6.38. The summed E-state index contributed by atoms with van der Waals surface area (Å²) in [5, 5.41) is 8.96. The summed E-state index contributed by atoms with van der Waals surface area (Å²) in [6.07, 6.45) is 0. The SMILES string of the molecule is O.O=S1(=O)c2ccccc2S(=O)(=O)N1O. The van der Waals surface area contributed by atoms with Gasteiger partial charge in [-0.15, -0.1) is 0 Å². The van der Waals surface area contributed by atoms with E-state index in [1.165, 1.54) is 12.1 Å². The molecule has 9 heteroatoms. The van der Waals surface area contributed by atoms with Gasteiger partial charge in [-0.1, -0.05) is 12.1 Å². The maximum absolute atomic E-state index is 11.3. The first kappa shape index (κ1) is 12.1. The summed E-state index contributed by atoms with van der Waals surface area (Å²) in [6.45, 7) is 0. The third-order valence-corrected chi connectivity index (χ3v) is 5.77. The molecule has 0 aliphatic carbocycles. The quantitative estimate of drug-likeness (QED) is 0.631. The maximum atomic E-state index is 11.3. The lowest BCUT2D eigenvalue weighted by molar-refractivity contribution is 0.0977. The average molecular weight is 253 g/mol. The molecular formula is C6H7NO6S2. The lowest BCUT2D eigenvalue weighted by atomic mass is 10.4. The second-order valence-corrected chi connectivity index (χ2v) is 6.34. The Balaban J connectivity index is 0.00000112. The van der Waals surface area contributed by atoms with E-state index in [2.05, 4.69) is 0 Å². The highest BCUT2D eigenvalue weighted by molar-refractivity contribution is 8.06. The van der Waals surface area contributed by atoms with Crippen molar-refractivity contribution in [1.82, 2.24) is 3.87 Å². The van der Waals surface area contributed by atoms with Crippen LogP contribution < -0.4 is 0 Å². The van der Waals surface area contributed by atoms with Crippen molar-refractivity contribution in [3.05, 3.63) is 24.3 Å². The van der Waals surface area contributed by atoms with Gasteiger partial charge < -0.3 is 5.48 Å². The van der Waals surface area contributed by atoms with Gasteiger partial charge in [-0.05, 0) is 12.1 Å². The molecule has 0 aromatic heterocycles. The molecule has 84 valence electrons. The third kappa shape index (κ3) is 1.36. The second kappa shape index (κ2) is 3.25. The molecule has 0 unspecified atom stereocenters. The van der Waals surface area contributed by atoms with Crippen molar-refractivity contribution >= 4 is 20.0 Å². The summed E-state index contributed by atoms with van der Waals surface area (Å²) in [5.74, 6) is 0. The normalized spacial score (nSPS) is 21.7. The van der Waals surface area contributed by atoms with Crippen molar-refractivity contribution in [3.8, 4) is 0 Å². The van der Waals surface area contributed by atoms with Gasteiger partial charge in [-0.25, -0.2) is 16.8 Å². The van der Waals surface area contributed by atoms with E-state index in [-0.39, 0.29) is 5.48 Å². The lowest BCUT2D eigenvalue weighted by Crippen LogP contribution is -2.26. The van der Waals surface area contributed by atoms with Crippen LogP contribution in [0.25, 0.3) is 0 Å². The zero-order valence-electron chi connectivity index (χ0n) is 7.15. The number of rotatable bonds is 0. The number of hydrogen-bond donors (Lipinski definition) is 1. The first-order valence-corrected chi connectivity index (χ1v) is 6.35. The molecule has 15 heavy (non-hydrogen) atoms. The molecule has 1 aromatic carbocycles. The zero-order chi connectivity index (χ0) is 10.6. The van der Waals surface area contributed by atoms with Crippen molar-refractivity contribution in [2.24, 2.45) is 0 Å². The van der Waals surface area contributed by atoms with Gasteiger partial charge in [-0.3, -0.25) is 5.21 Å². The number of sulfonamides is 2. The lowest BCUT2D eigenvalue weighted by Gasteiger charge is -2.02. The van der Waals surface area contributed by atoms with Crippen LogP contribution in [0.1, 0.15) is 0 Å². The fourth-order valence-corrected chi connectivity index (χ4v) is 4.80. The Morgan fingerprint density at radius 1 is 0.933 bits per heavy atom. The summed E-state index contributed by atoms with van der Waals surface area (Å²) in [4.78, 5) is -0.801. The molecule has 0 saturated heterocycles. The zero-order valence-corrected chi connectivity index (χ0v) is 8.79. The summed E-state index contributed by atoms with van der Waals surface area (Å²) in [5.41, 5.74) is 0. The Hall–Kier alpha value is -1.00. The van der Waals surface area contributed by atoms with Crippen LogP contribution in [-0.4, -0.2) is 31.4 Å². The molecule has 0 bridgehead atoms. The smallest absolute Gasteiger partial charge is 0.280 e. The van der Waals surface area contributed by atoms with Crippen molar-refractivity contribution < 1.29 is 27.5 Å². The minimum Gasteiger partial charge on any atom is -0.412 e. The monoisotopic (exact) mass is 253 g/mol. The van der Waals surface area contributed by atoms with Gasteiger partial charge in [0.1, 0.15) is 9.79 Å². The Kier molecular flexibility index (Phi) is 2.62. The van der Waals surface area contributed by atoms with Gasteiger partial charge in [-0.2, -0.15) is 0 Å². The van der Waals surface area contributed by atoms with E-state index in [1.54, 1.807) is 0 Å². The topological polar surface area (TPSA) is 123 Å². The number of fused-ring (bicyclic) bond motifs is 1. The van der Waals surface area contributed by atoms with Gasteiger partial charge in [0.25, 0.3) is 20.0 Å². The van der Waals surface area contributed by atoms with E-state index in [9.17, 15) is 16.8 Å². The standard InChI is InChI=1S/C6H5NO5S2.H2O/c8-7-13(9,10)5-3-1-2-4-6(5)14(7,11)12;/h1-4,8H;1H2. The van der Waals surface area contributed by atoms with Gasteiger partial charge in [0, 0.05) is 3.87 Å². The minimum absolute atomic E-state index is 0. The van der Waals surface area contributed by atoms with Crippen LogP contribution in [0.3, 0.4) is 0 Å². The van der Waals surface area contributed by atoms with Crippen molar-refractivity contribution in [2.75, 3.05) is 0 Å². The van der Waals surface area contributed by atoms with Crippen molar-refractivity contribution in [3.63, 3.8) is 0 Å². The molecule has 2 rings (SSSR count). The van der Waals surface area contributed by atoms with E-state index < -0.39 is 33.7 Å². The Labute approximate surface area is 85.9 Å². The van der Waals surface area contributed by atoms with Crippen LogP contribution in [0.2, 0.25) is 0 Å². The van der Waals surface area contributed by atoms with Crippen LogP contribution in [0.4, 0.5) is 0 Å². The molecular weight excluding hydrogens is 246 g/mol. The molecule has 0 fully saturated rings. The highest BCUT2D eigenvalue weighted by Crippen LogP contribution is 2.34. The van der Waals surface area contributed by atoms with Gasteiger partial charge in [0.2, 0.25) is 0 Å². The molecule has 0 amide bonds.